The van der Waals surface area contributed by atoms with Gasteiger partial charge in [0.15, 0.2) is 0 Å². The van der Waals surface area contributed by atoms with Crippen LogP contribution in [0.2, 0.25) is 0 Å². The predicted molar refractivity (Wildman–Crippen MR) is 105 cm³/mol. The second-order valence-electron chi connectivity index (χ2n) is 6.28. The Hall–Kier alpha value is -2.86. The van der Waals surface area contributed by atoms with Crippen LogP contribution in [0.3, 0.4) is 0 Å². The van der Waals surface area contributed by atoms with Crippen molar-refractivity contribution in [2.45, 2.75) is 25.7 Å². The molecule has 5 nitrogen and oxygen atoms in total. The van der Waals surface area contributed by atoms with Gasteiger partial charge in [-0.05, 0) is 73.9 Å². The molecule has 0 radical (unpaired) electrons. The van der Waals surface area contributed by atoms with Crippen LogP contribution in [-0.4, -0.2) is 13.4 Å². The predicted octanol–water partition coefficient (Wildman–Crippen LogP) is 4.55. The van der Waals surface area contributed by atoms with Gasteiger partial charge in [0, 0.05) is 5.69 Å². The zero-order valence-corrected chi connectivity index (χ0v) is 15.8. The number of aromatic nitrogens is 1. The highest BCUT2D eigenvalue weighted by Gasteiger charge is 2.14. The van der Waals surface area contributed by atoms with Crippen molar-refractivity contribution >= 4 is 27.2 Å². The molecule has 0 amide bonds. The Morgan fingerprint density at radius 1 is 0.846 bits per heavy atom. The fraction of sp³-hybridized carbons (Fsp3) is 0.150. The molecule has 3 aromatic rings. The van der Waals surface area contributed by atoms with Crippen molar-refractivity contribution in [2.24, 2.45) is 0 Å². The van der Waals surface area contributed by atoms with E-state index in [1.807, 2.05) is 31.2 Å². The summed E-state index contributed by atoms with van der Waals surface area (Å²) >= 11 is 0. The minimum atomic E-state index is -3.63. The number of hydrogen-bond acceptors (Lipinski definition) is 4. The summed E-state index contributed by atoms with van der Waals surface area (Å²) in [5.41, 5.74) is 4.66. The third kappa shape index (κ3) is 4.21. The van der Waals surface area contributed by atoms with Crippen molar-refractivity contribution in [3.05, 3.63) is 77.5 Å². The summed E-state index contributed by atoms with van der Waals surface area (Å²) < 4.78 is 27.4. The number of nitrogens with one attached hydrogen (secondary N) is 2. The lowest BCUT2D eigenvalue weighted by molar-refractivity contribution is 0.601. The van der Waals surface area contributed by atoms with E-state index >= 15 is 0 Å². The molecular formula is C20H21N3O2S. The van der Waals surface area contributed by atoms with Crippen LogP contribution in [0.25, 0.3) is 0 Å². The van der Waals surface area contributed by atoms with Crippen LogP contribution >= 0.6 is 0 Å². The molecule has 0 unspecified atom stereocenters. The summed E-state index contributed by atoms with van der Waals surface area (Å²) in [6.07, 6.45) is 1.50. The summed E-state index contributed by atoms with van der Waals surface area (Å²) in [5, 5.41) is 3.21. The first kappa shape index (κ1) is 17.9. The molecular weight excluding hydrogens is 346 g/mol. The molecule has 6 heteroatoms. The number of nitrogens with zero attached hydrogens (tertiary/aromatic N) is 1. The van der Waals surface area contributed by atoms with E-state index in [1.165, 1.54) is 17.3 Å². The zero-order valence-electron chi connectivity index (χ0n) is 14.9. The molecule has 0 atom stereocenters. The molecule has 0 saturated heterocycles. The van der Waals surface area contributed by atoms with Gasteiger partial charge < -0.3 is 5.32 Å². The molecule has 0 aliphatic carbocycles. The monoisotopic (exact) mass is 367 g/mol. The lowest BCUT2D eigenvalue weighted by atomic mass is 10.1. The lowest BCUT2D eigenvalue weighted by Gasteiger charge is -2.10. The van der Waals surface area contributed by atoms with Crippen molar-refractivity contribution in [3.63, 3.8) is 0 Å². The number of rotatable bonds is 5. The standard InChI is InChI=1S/C20H21N3O2S/c1-14-5-4-6-19(11-14)26(24,25)23-18-9-10-20(21-13-18)22-17-8-7-15(2)16(3)12-17/h4-13,23H,1-3H3,(H,21,22). The summed E-state index contributed by atoms with van der Waals surface area (Å²) in [5.74, 6) is 0.645. The first-order valence-electron chi connectivity index (χ1n) is 8.23. The third-order valence-corrected chi connectivity index (χ3v) is 5.47. The second kappa shape index (κ2) is 7.17. The Morgan fingerprint density at radius 2 is 1.62 bits per heavy atom. The average molecular weight is 367 g/mol. The molecule has 0 aliphatic rings. The lowest BCUT2D eigenvalue weighted by Crippen LogP contribution is -2.13. The van der Waals surface area contributed by atoms with Crippen molar-refractivity contribution in [1.82, 2.24) is 4.98 Å². The van der Waals surface area contributed by atoms with Crippen LogP contribution in [0.1, 0.15) is 16.7 Å². The summed E-state index contributed by atoms with van der Waals surface area (Å²) in [7, 11) is -3.63. The largest absolute Gasteiger partial charge is 0.340 e. The Morgan fingerprint density at radius 3 is 2.27 bits per heavy atom. The smallest absolute Gasteiger partial charge is 0.261 e. The molecule has 26 heavy (non-hydrogen) atoms. The maximum atomic E-state index is 12.4. The van der Waals surface area contributed by atoms with Crippen molar-refractivity contribution in [1.29, 1.82) is 0 Å². The Kier molecular flexibility index (Phi) is 4.95. The number of pyridine rings is 1. The van der Waals surface area contributed by atoms with Gasteiger partial charge in [0.2, 0.25) is 0 Å². The van der Waals surface area contributed by atoms with Crippen LogP contribution in [0.5, 0.6) is 0 Å². The van der Waals surface area contributed by atoms with Crippen molar-refractivity contribution in [2.75, 3.05) is 10.0 Å². The second-order valence-corrected chi connectivity index (χ2v) is 7.96. The number of sulfonamides is 1. The fourth-order valence-corrected chi connectivity index (χ4v) is 3.64. The quantitative estimate of drug-likeness (QED) is 0.694. The maximum absolute atomic E-state index is 12.4. The van der Waals surface area contributed by atoms with E-state index in [0.29, 0.717) is 11.5 Å². The molecule has 0 fully saturated rings. The maximum Gasteiger partial charge on any atom is 0.261 e. The first-order valence-corrected chi connectivity index (χ1v) is 9.72. The zero-order chi connectivity index (χ0) is 18.7. The normalized spacial score (nSPS) is 11.2. The third-order valence-electron chi connectivity index (χ3n) is 4.09. The highest BCUT2D eigenvalue weighted by molar-refractivity contribution is 7.92. The van der Waals surface area contributed by atoms with Gasteiger partial charge in [-0.2, -0.15) is 0 Å². The molecule has 134 valence electrons. The Bertz CT molecular complexity index is 1030. The van der Waals surface area contributed by atoms with Gasteiger partial charge in [-0.1, -0.05) is 18.2 Å². The highest BCUT2D eigenvalue weighted by atomic mass is 32.2. The molecule has 1 aromatic heterocycles. The van der Waals surface area contributed by atoms with E-state index in [1.54, 1.807) is 30.3 Å². The van der Waals surface area contributed by atoms with E-state index in [2.05, 4.69) is 28.9 Å². The van der Waals surface area contributed by atoms with Crippen LogP contribution in [0, 0.1) is 20.8 Å². The molecule has 0 bridgehead atoms. The number of hydrogen-bond donors (Lipinski definition) is 2. The molecule has 2 N–H and O–H groups in total. The summed E-state index contributed by atoms with van der Waals surface area (Å²) in [6, 6.07) is 16.3. The van der Waals surface area contributed by atoms with Crippen LogP contribution < -0.4 is 10.0 Å². The van der Waals surface area contributed by atoms with Gasteiger partial charge in [0.05, 0.1) is 16.8 Å². The van der Waals surface area contributed by atoms with E-state index in [0.717, 1.165) is 11.3 Å². The molecule has 2 aromatic carbocycles. The summed E-state index contributed by atoms with van der Waals surface area (Å²) in [4.78, 5) is 4.51. The van der Waals surface area contributed by atoms with E-state index in [9.17, 15) is 8.42 Å². The number of benzene rings is 2. The van der Waals surface area contributed by atoms with E-state index in [4.69, 9.17) is 0 Å². The van der Waals surface area contributed by atoms with Gasteiger partial charge in [-0.25, -0.2) is 13.4 Å². The van der Waals surface area contributed by atoms with E-state index in [-0.39, 0.29) is 4.90 Å². The minimum Gasteiger partial charge on any atom is -0.340 e. The average Bonchev–Trinajstić information content (AvgIpc) is 2.60. The van der Waals surface area contributed by atoms with Gasteiger partial charge in [0.1, 0.15) is 5.82 Å². The van der Waals surface area contributed by atoms with Crippen LogP contribution in [0.15, 0.2) is 65.7 Å². The van der Waals surface area contributed by atoms with Crippen molar-refractivity contribution in [3.8, 4) is 0 Å². The van der Waals surface area contributed by atoms with Crippen LogP contribution in [0.4, 0.5) is 17.2 Å². The fourth-order valence-electron chi connectivity index (χ4n) is 2.49. The first-order chi connectivity index (χ1) is 12.3. The summed E-state index contributed by atoms with van der Waals surface area (Å²) in [6.45, 7) is 5.97. The van der Waals surface area contributed by atoms with Crippen LogP contribution in [-0.2, 0) is 10.0 Å². The van der Waals surface area contributed by atoms with Gasteiger partial charge in [0.25, 0.3) is 10.0 Å². The van der Waals surface area contributed by atoms with E-state index < -0.39 is 10.0 Å². The molecule has 0 aliphatic heterocycles. The van der Waals surface area contributed by atoms with Crippen molar-refractivity contribution < 1.29 is 8.42 Å². The van der Waals surface area contributed by atoms with Gasteiger partial charge >= 0.3 is 0 Å². The molecule has 3 rings (SSSR count). The Labute approximate surface area is 154 Å². The molecule has 1 heterocycles. The SMILES string of the molecule is Cc1cccc(S(=O)(=O)Nc2ccc(Nc3ccc(C)c(C)c3)nc2)c1. The Balaban J connectivity index is 1.74. The van der Waals surface area contributed by atoms with Gasteiger partial charge in [-0.15, -0.1) is 0 Å². The topological polar surface area (TPSA) is 71.1 Å². The molecule has 0 saturated carbocycles. The number of aryl methyl sites for hydroxylation is 3. The molecule has 0 spiro atoms. The highest BCUT2D eigenvalue weighted by Crippen LogP contribution is 2.21. The minimum absolute atomic E-state index is 0.231. The number of anilines is 3. The van der Waals surface area contributed by atoms with Gasteiger partial charge in [-0.3, -0.25) is 4.72 Å².